The third kappa shape index (κ3) is 3.92. The van der Waals surface area contributed by atoms with E-state index in [0.29, 0.717) is 10.9 Å². The van der Waals surface area contributed by atoms with Gasteiger partial charge < -0.3 is 4.98 Å². The van der Waals surface area contributed by atoms with Gasteiger partial charge in [0.05, 0.1) is 11.1 Å². The number of para-hydroxylation sites is 1. The molecule has 6 nitrogen and oxygen atoms in total. The minimum Gasteiger partial charge on any atom is -0.349 e. The summed E-state index contributed by atoms with van der Waals surface area (Å²) < 4.78 is 27.6. The van der Waals surface area contributed by atoms with E-state index in [2.05, 4.69) is 31.4 Å². The number of halogens is 1. The number of aromatic amines is 1. The summed E-state index contributed by atoms with van der Waals surface area (Å²) in [6.45, 7) is 0. The van der Waals surface area contributed by atoms with E-state index in [4.69, 9.17) is 0 Å². The van der Waals surface area contributed by atoms with Crippen LogP contribution in [0.1, 0.15) is 16.1 Å². The van der Waals surface area contributed by atoms with E-state index in [-0.39, 0.29) is 15.5 Å². The summed E-state index contributed by atoms with van der Waals surface area (Å²) in [5.41, 5.74) is 3.68. The molecule has 0 aliphatic carbocycles. The van der Waals surface area contributed by atoms with Crippen molar-refractivity contribution in [3.8, 4) is 0 Å². The fraction of sp³-hybridized carbons (Fsp3) is 0. The highest BCUT2D eigenvalue weighted by atomic mass is 79.9. The lowest BCUT2D eigenvalue weighted by Gasteiger charge is -2.06. The lowest BCUT2D eigenvalue weighted by molar-refractivity contribution is 0.0947. The molecule has 30 heavy (non-hydrogen) atoms. The second-order valence-corrected chi connectivity index (χ2v) is 9.24. The predicted molar refractivity (Wildman–Crippen MR) is 119 cm³/mol. The van der Waals surface area contributed by atoms with E-state index in [1.54, 1.807) is 42.5 Å². The Kier molecular flexibility index (Phi) is 5.52. The first-order valence-electron chi connectivity index (χ1n) is 8.96. The van der Waals surface area contributed by atoms with E-state index < -0.39 is 15.7 Å². The summed E-state index contributed by atoms with van der Waals surface area (Å²) in [6.07, 6.45) is 1.48. The van der Waals surface area contributed by atoms with Crippen molar-refractivity contribution < 1.29 is 13.2 Å². The smallest absolute Gasteiger partial charge is 0.289 e. The first-order chi connectivity index (χ1) is 14.5. The van der Waals surface area contributed by atoms with Gasteiger partial charge in [-0.2, -0.15) is 5.10 Å². The molecule has 0 aliphatic rings. The van der Waals surface area contributed by atoms with Crippen molar-refractivity contribution >= 4 is 48.8 Å². The van der Waals surface area contributed by atoms with Gasteiger partial charge in [-0.15, -0.1) is 0 Å². The van der Waals surface area contributed by atoms with E-state index >= 15 is 0 Å². The molecule has 0 aliphatic heterocycles. The maximum Gasteiger partial charge on any atom is 0.289 e. The van der Waals surface area contributed by atoms with Crippen LogP contribution in [0, 0.1) is 0 Å². The number of aromatic nitrogens is 1. The van der Waals surface area contributed by atoms with Crippen molar-refractivity contribution in [3.63, 3.8) is 0 Å². The van der Waals surface area contributed by atoms with Crippen molar-refractivity contribution in [1.82, 2.24) is 10.4 Å². The Morgan fingerprint density at radius 1 is 0.933 bits per heavy atom. The van der Waals surface area contributed by atoms with Gasteiger partial charge in [-0.1, -0.05) is 64.5 Å². The van der Waals surface area contributed by atoms with Gasteiger partial charge in [0.1, 0.15) is 10.6 Å². The minimum absolute atomic E-state index is 0.0620. The van der Waals surface area contributed by atoms with Crippen LogP contribution in [0.15, 0.2) is 98.2 Å². The van der Waals surface area contributed by atoms with Gasteiger partial charge in [0.2, 0.25) is 9.84 Å². The SMILES string of the molecule is O=C(NN=Cc1ccc(Br)cc1)c1[nH]c2ccccc2c1S(=O)(=O)c1ccccc1. The molecule has 0 radical (unpaired) electrons. The molecule has 0 unspecified atom stereocenters. The Morgan fingerprint density at radius 2 is 1.60 bits per heavy atom. The third-order valence-electron chi connectivity index (χ3n) is 4.46. The molecule has 0 bridgehead atoms. The van der Waals surface area contributed by atoms with Crippen LogP contribution in [-0.2, 0) is 9.84 Å². The number of hydrogen-bond donors (Lipinski definition) is 2. The Labute approximate surface area is 181 Å². The molecule has 3 aromatic carbocycles. The van der Waals surface area contributed by atoms with Crippen LogP contribution in [-0.4, -0.2) is 25.5 Å². The summed E-state index contributed by atoms with van der Waals surface area (Å²) in [4.78, 5) is 15.8. The quantitative estimate of drug-likeness (QED) is 0.324. The van der Waals surface area contributed by atoms with E-state index in [1.165, 1.54) is 18.3 Å². The van der Waals surface area contributed by atoms with E-state index in [0.717, 1.165) is 10.0 Å². The van der Waals surface area contributed by atoms with E-state index in [9.17, 15) is 13.2 Å². The maximum absolute atomic E-state index is 13.3. The number of sulfone groups is 1. The third-order valence-corrected chi connectivity index (χ3v) is 6.84. The number of fused-ring (bicyclic) bond motifs is 1. The van der Waals surface area contributed by atoms with Crippen molar-refractivity contribution in [3.05, 3.63) is 94.6 Å². The van der Waals surface area contributed by atoms with Crippen LogP contribution in [0.3, 0.4) is 0 Å². The molecule has 1 amide bonds. The maximum atomic E-state index is 13.3. The Morgan fingerprint density at radius 3 is 2.33 bits per heavy atom. The fourth-order valence-corrected chi connectivity index (χ4v) is 4.94. The lowest BCUT2D eigenvalue weighted by atomic mass is 10.2. The van der Waals surface area contributed by atoms with Crippen LogP contribution in [0.4, 0.5) is 0 Å². The van der Waals surface area contributed by atoms with Crippen LogP contribution in [0.5, 0.6) is 0 Å². The largest absolute Gasteiger partial charge is 0.349 e. The number of rotatable bonds is 5. The van der Waals surface area contributed by atoms with Gasteiger partial charge in [0.15, 0.2) is 0 Å². The van der Waals surface area contributed by atoms with Gasteiger partial charge in [-0.05, 0) is 35.9 Å². The number of nitrogens with zero attached hydrogens (tertiary/aromatic N) is 1. The lowest BCUT2D eigenvalue weighted by Crippen LogP contribution is -2.20. The number of carbonyl (C=O) groups excluding carboxylic acids is 1. The molecule has 0 spiro atoms. The first kappa shape index (κ1) is 20.1. The molecule has 1 heterocycles. The first-order valence-corrected chi connectivity index (χ1v) is 11.2. The highest BCUT2D eigenvalue weighted by Crippen LogP contribution is 2.31. The second kappa shape index (κ2) is 8.25. The van der Waals surface area contributed by atoms with Crippen molar-refractivity contribution in [2.45, 2.75) is 9.79 Å². The zero-order valence-corrected chi connectivity index (χ0v) is 17.9. The Balaban J connectivity index is 1.73. The van der Waals surface area contributed by atoms with Crippen molar-refractivity contribution in [2.24, 2.45) is 5.10 Å². The molecule has 1 aromatic heterocycles. The molecule has 4 rings (SSSR count). The molecule has 0 saturated heterocycles. The highest BCUT2D eigenvalue weighted by molar-refractivity contribution is 9.10. The summed E-state index contributed by atoms with van der Waals surface area (Å²) >= 11 is 3.35. The van der Waals surface area contributed by atoms with Gasteiger partial charge in [-0.3, -0.25) is 4.79 Å². The number of hydrogen-bond acceptors (Lipinski definition) is 4. The van der Waals surface area contributed by atoms with Crippen LogP contribution >= 0.6 is 15.9 Å². The van der Waals surface area contributed by atoms with Crippen molar-refractivity contribution in [2.75, 3.05) is 0 Å². The average Bonchev–Trinajstić information content (AvgIpc) is 3.16. The molecule has 2 N–H and O–H groups in total. The topological polar surface area (TPSA) is 91.4 Å². The number of amides is 1. The number of benzene rings is 3. The zero-order valence-electron chi connectivity index (χ0n) is 15.5. The second-order valence-electron chi connectivity index (χ2n) is 6.44. The van der Waals surface area contributed by atoms with Crippen LogP contribution < -0.4 is 5.43 Å². The van der Waals surface area contributed by atoms with Crippen LogP contribution in [0.25, 0.3) is 10.9 Å². The summed E-state index contributed by atoms with van der Waals surface area (Å²) in [7, 11) is -3.93. The number of hydrazone groups is 1. The van der Waals surface area contributed by atoms with Crippen molar-refractivity contribution in [1.29, 1.82) is 0 Å². The Bertz CT molecular complexity index is 1350. The van der Waals surface area contributed by atoms with Gasteiger partial charge in [-0.25, -0.2) is 13.8 Å². The molecule has 150 valence electrons. The molecule has 0 saturated carbocycles. The zero-order chi connectivity index (χ0) is 21.1. The highest BCUT2D eigenvalue weighted by Gasteiger charge is 2.29. The predicted octanol–water partition coefficient (Wildman–Crippen LogP) is 4.53. The molecule has 8 heteroatoms. The minimum atomic E-state index is -3.93. The van der Waals surface area contributed by atoms with Crippen LogP contribution in [0.2, 0.25) is 0 Å². The monoisotopic (exact) mass is 481 g/mol. The molecule has 0 atom stereocenters. The van der Waals surface area contributed by atoms with E-state index in [1.807, 2.05) is 24.3 Å². The average molecular weight is 482 g/mol. The summed E-state index contributed by atoms with van der Waals surface area (Å²) in [6, 6.07) is 22.3. The standard InChI is InChI=1S/C22H16BrN3O3S/c23-16-12-10-15(11-13-16)14-24-26-22(27)20-21(18-8-4-5-9-19(18)25-20)30(28,29)17-6-2-1-3-7-17/h1-14,25H,(H,26,27). The molecule has 0 fully saturated rings. The molecular weight excluding hydrogens is 466 g/mol. The molecular formula is C22H16BrN3O3S. The summed E-state index contributed by atoms with van der Waals surface area (Å²) in [5, 5.41) is 4.41. The van der Waals surface area contributed by atoms with Gasteiger partial charge >= 0.3 is 0 Å². The normalized spacial score (nSPS) is 11.8. The fourth-order valence-electron chi connectivity index (χ4n) is 3.04. The number of H-pyrrole nitrogens is 1. The molecule has 4 aromatic rings. The summed E-state index contributed by atoms with van der Waals surface area (Å²) in [5.74, 6) is -0.644. The van der Waals surface area contributed by atoms with Gasteiger partial charge in [0, 0.05) is 15.4 Å². The number of carbonyl (C=O) groups is 1. The Hall–Kier alpha value is -3.23. The van der Waals surface area contributed by atoms with Gasteiger partial charge in [0.25, 0.3) is 5.91 Å². The number of nitrogens with one attached hydrogen (secondary N) is 2.